The van der Waals surface area contributed by atoms with Gasteiger partial charge in [0, 0.05) is 31.0 Å². The van der Waals surface area contributed by atoms with Crippen molar-refractivity contribution in [2.75, 3.05) is 13.1 Å². The highest BCUT2D eigenvalue weighted by Crippen LogP contribution is 2.28. The maximum Gasteiger partial charge on any atom is 0.308 e. The third-order valence-corrected chi connectivity index (χ3v) is 3.73. The van der Waals surface area contributed by atoms with Crippen LogP contribution in [0.5, 0.6) is 0 Å². The van der Waals surface area contributed by atoms with Crippen LogP contribution in [0.2, 0.25) is 0 Å². The van der Waals surface area contributed by atoms with E-state index in [2.05, 4.69) is 5.32 Å². The SMILES string of the molecule is CC(CN(C(=O)CCCNC(=O)C(C)(C)C)C1CC1)C(=O)O. The molecule has 1 atom stereocenters. The van der Waals surface area contributed by atoms with Crippen LogP contribution in [0.4, 0.5) is 0 Å². The summed E-state index contributed by atoms with van der Waals surface area (Å²) in [6, 6.07) is 0.207. The Morgan fingerprint density at radius 1 is 1.27 bits per heavy atom. The molecule has 2 amide bonds. The summed E-state index contributed by atoms with van der Waals surface area (Å²) in [6.07, 6.45) is 2.83. The maximum absolute atomic E-state index is 12.2. The second kappa shape index (κ2) is 7.61. The fraction of sp³-hybridized carbons (Fsp3) is 0.812. The number of hydrogen-bond donors (Lipinski definition) is 2. The molecular weight excluding hydrogens is 284 g/mol. The molecule has 22 heavy (non-hydrogen) atoms. The van der Waals surface area contributed by atoms with Gasteiger partial charge in [0.1, 0.15) is 0 Å². The van der Waals surface area contributed by atoms with Gasteiger partial charge in [-0.2, -0.15) is 0 Å². The van der Waals surface area contributed by atoms with Gasteiger partial charge in [-0.3, -0.25) is 14.4 Å². The summed E-state index contributed by atoms with van der Waals surface area (Å²) in [7, 11) is 0. The molecule has 1 saturated carbocycles. The molecule has 1 rings (SSSR count). The molecule has 0 aromatic carbocycles. The zero-order valence-corrected chi connectivity index (χ0v) is 14.0. The van der Waals surface area contributed by atoms with Gasteiger partial charge in [0.25, 0.3) is 0 Å². The molecule has 0 aromatic heterocycles. The highest BCUT2D eigenvalue weighted by molar-refractivity contribution is 5.81. The number of aliphatic carboxylic acids is 1. The van der Waals surface area contributed by atoms with E-state index in [1.165, 1.54) is 0 Å². The first-order valence-corrected chi connectivity index (χ1v) is 7.93. The molecular formula is C16H28N2O4. The van der Waals surface area contributed by atoms with Crippen molar-refractivity contribution in [2.24, 2.45) is 11.3 Å². The second-order valence-corrected chi connectivity index (χ2v) is 7.13. The number of carboxylic acids is 1. The van der Waals surface area contributed by atoms with Crippen molar-refractivity contribution in [3.05, 3.63) is 0 Å². The van der Waals surface area contributed by atoms with E-state index in [-0.39, 0.29) is 24.4 Å². The van der Waals surface area contributed by atoms with Crippen LogP contribution in [0, 0.1) is 11.3 Å². The molecule has 126 valence electrons. The van der Waals surface area contributed by atoms with Crippen LogP contribution in [-0.4, -0.2) is 46.9 Å². The largest absolute Gasteiger partial charge is 0.481 e. The third kappa shape index (κ3) is 6.03. The van der Waals surface area contributed by atoms with Gasteiger partial charge in [-0.05, 0) is 19.3 Å². The highest BCUT2D eigenvalue weighted by Gasteiger charge is 2.34. The van der Waals surface area contributed by atoms with Crippen molar-refractivity contribution in [1.82, 2.24) is 10.2 Å². The molecule has 1 aliphatic rings. The van der Waals surface area contributed by atoms with Gasteiger partial charge >= 0.3 is 5.97 Å². The number of carbonyl (C=O) groups excluding carboxylic acids is 2. The third-order valence-electron chi connectivity index (χ3n) is 3.73. The summed E-state index contributed by atoms with van der Waals surface area (Å²) in [4.78, 5) is 36.6. The Kier molecular flexibility index (Phi) is 6.38. The minimum absolute atomic E-state index is 0.0133. The Morgan fingerprint density at radius 3 is 2.32 bits per heavy atom. The number of nitrogens with zero attached hydrogens (tertiary/aromatic N) is 1. The van der Waals surface area contributed by atoms with Crippen LogP contribution in [-0.2, 0) is 14.4 Å². The van der Waals surface area contributed by atoms with E-state index in [1.807, 2.05) is 20.8 Å². The molecule has 2 N–H and O–H groups in total. The van der Waals surface area contributed by atoms with Gasteiger partial charge in [-0.15, -0.1) is 0 Å². The van der Waals surface area contributed by atoms with Crippen LogP contribution in [0.15, 0.2) is 0 Å². The van der Waals surface area contributed by atoms with Crippen molar-refractivity contribution in [3.63, 3.8) is 0 Å². The van der Waals surface area contributed by atoms with Crippen molar-refractivity contribution >= 4 is 17.8 Å². The van der Waals surface area contributed by atoms with Crippen molar-refractivity contribution in [2.45, 2.75) is 59.4 Å². The Balaban J connectivity index is 2.35. The van der Waals surface area contributed by atoms with Crippen LogP contribution in [0.1, 0.15) is 53.4 Å². The summed E-state index contributed by atoms with van der Waals surface area (Å²) >= 11 is 0. The second-order valence-electron chi connectivity index (χ2n) is 7.13. The van der Waals surface area contributed by atoms with Crippen molar-refractivity contribution < 1.29 is 19.5 Å². The van der Waals surface area contributed by atoms with Gasteiger partial charge in [-0.1, -0.05) is 27.7 Å². The predicted molar refractivity (Wildman–Crippen MR) is 83.2 cm³/mol. The van der Waals surface area contributed by atoms with Gasteiger partial charge < -0.3 is 15.3 Å². The van der Waals surface area contributed by atoms with Crippen molar-refractivity contribution in [1.29, 1.82) is 0 Å². The van der Waals surface area contributed by atoms with Crippen LogP contribution in [0.25, 0.3) is 0 Å². The van der Waals surface area contributed by atoms with E-state index in [1.54, 1.807) is 11.8 Å². The highest BCUT2D eigenvalue weighted by atomic mass is 16.4. The average molecular weight is 312 g/mol. The number of carboxylic acid groups (broad SMARTS) is 1. The van der Waals surface area contributed by atoms with E-state index in [0.717, 1.165) is 12.8 Å². The number of nitrogens with one attached hydrogen (secondary N) is 1. The first-order chi connectivity index (χ1) is 10.1. The lowest BCUT2D eigenvalue weighted by molar-refractivity contribution is -0.143. The Morgan fingerprint density at radius 2 is 1.86 bits per heavy atom. The fourth-order valence-corrected chi connectivity index (χ4v) is 2.06. The van der Waals surface area contributed by atoms with Crippen LogP contribution in [0.3, 0.4) is 0 Å². The quantitative estimate of drug-likeness (QED) is 0.667. The lowest BCUT2D eigenvalue weighted by Gasteiger charge is -2.24. The topological polar surface area (TPSA) is 86.7 Å². The van der Waals surface area contributed by atoms with Crippen LogP contribution >= 0.6 is 0 Å². The standard InChI is InChI=1S/C16H28N2O4/c1-11(14(20)21)10-18(12-7-8-12)13(19)6-5-9-17-15(22)16(2,3)4/h11-12H,5-10H2,1-4H3,(H,17,22)(H,20,21). The first kappa shape index (κ1) is 18.5. The van der Waals surface area contributed by atoms with E-state index >= 15 is 0 Å². The number of carbonyl (C=O) groups is 3. The first-order valence-electron chi connectivity index (χ1n) is 7.93. The van der Waals surface area contributed by atoms with Gasteiger partial charge in [0.15, 0.2) is 0 Å². The zero-order chi connectivity index (χ0) is 16.9. The molecule has 0 heterocycles. The predicted octanol–water partition coefficient (Wildman–Crippen LogP) is 1.64. The monoisotopic (exact) mass is 312 g/mol. The smallest absolute Gasteiger partial charge is 0.308 e. The Hall–Kier alpha value is -1.59. The van der Waals surface area contributed by atoms with Gasteiger partial charge in [0.2, 0.25) is 11.8 Å². The normalized spacial score (nSPS) is 16.0. The molecule has 6 nitrogen and oxygen atoms in total. The molecule has 0 spiro atoms. The fourth-order valence-electron chi connectivity index (χ4n) is 2.06. The Labute approximate surface area is 132 Å². The summed E-state index contributed by atoms with van der Waals surface area (Å²) in [5.41, 5.74) is -0.430. The maximum atomic E-state index is 12.2. The average Bonchev–Trinajstić information content (AvgIpc) is 3.23. The van der Waals surface area contributed by atoms with E-state index in [4.69, 9.17) is 5.11 Å². The minimum atomic E-state index is -0.879. The van der Waals surface area contributed by atoms with E-state index in [9.17, 15) is 14.4 Å². The summed E-state index contributed by atoms with van der Waals surface area (Å²) in [5, 5.41) is 11.8. The molecule has 0 radical (unpaired) electrons. The van der Waals surface area contributed by atoms with E-state index < -0.39 is 17.3 Å². The van der Waals surface area contributed by atoms with Gasteiger partial charge in [-0.25, -0.2) is 0 Å². The summed E-state index contributed by atoms with van der Waals surface area (Å²) in [5.74, 6) is -1.47. The number of hydrogen-bond acceptors (Lipinski definition) is 3. The molecule has 1 fully saturated rings. The summed E-state index contributed by atoms with van der Waals surface area (Å²) in [6.45, 7) is 7.89. The van der Waals surface area contributed by atoms with Crippen molar-refractivity contribution in [3.8, 4) is 0 Å². The van der Waals surface area contributed by atoms with Crippen LogP contribution < -0.4 is 5.32 Å². The van der Waals surface area contributed by atoms with E-state index in [0.29, 0.717) is 19.4 Å². The Bertz CT molecular complexity index is 424. The molecule has 0 saturated heterocycles. The lowest BCUT2D eigenvalue weighted by Crippen LogP contribution is -2.39. The molecule has 0 bridgehead atoms. The molecule has 1 aliphatic carbocycles. The molecule has 6 heteroatoms. The van der Waals surface area contributed by atoms with Gasteiger partial charge in [0.05, 0.1) is 5.92 Å². The zero-order valence-electron chi connectivity index (χ0n) is 14.0. The summed E-state index contributed by atoms with van der Waals surface area (Å²) < 4.78 is 0. The molecule has 1 unspecified atom stereocenters. The molecule has 0 aromatic rings. The lowest BCUT2D eigenvalue weighted by atomic mass is 9.96. The minimum Gasteiger partial charge on any atom is -0.481 e. The molecule has 0 aliphatic heterocycles. The number of rotatable bonds is 8. The number of amides is 2.